The van der Waals surface area contributed by atoms with Crippen LogP contribution in [-0.2, 0) is 11.2 Å². The number of nitrogens with zero attached hydrogens (tertiary/aromatic N) is 3. The summed E-state index contributed by atoms with van der Waals surface area (Å²) in [7, 11) is 2.14. The van der Waals surface area contributed by atoms with Gasteiger partial charge in [-0.2, -0.15) is 0 Å². The lowest BCUT2D eigenvalue weighted by Crippen LogP contribution is -2.26. The average Bonchev–Trinajstić information content (AvgIpc) is 3.14. The van der Waals surface area contributed by atoms with E-state index in [1.807, 2.05) is 0 Å². The number of amides is 1. The maximum atomic E-state index is 11.3. The molecule has 1 aromatic heterocycles. The van der Waals surface area contributed by atoms with Crippen molar-refractivity contribution in [1.29, 1.82) is 0 Å². The van der Waals surface area contributed by atoms with Crippen LogP contribution in [0.3, 0.4) is 0 Å². The summed E-state index contributed by atoms with van der Waals surface area (Å²) < 4.78 is 1.25. The summed E-state index contributed by atoms with van der Waals surface area (Å²) in [6, 6.07) is 3.84. The number of primary amides is 1. The Morgan fingerprint density at radius 3 is 3.09 bits per heavy atom. The molecule has 1 amide bonds. The number of rotatable bonds is 2. The lowest BCUT2D eigenvalue weighted by molar-refractivity contribution is -0.118. The molecular formula is C15H16N4OS2. The Labute approximate surface area is 136 Å². The number of thiazole rings is 1. The van der Waals surface area contributed by atoms with Crippen molar-refractivity contribution in [1.82, 2.24) is 4.98 Å². The van der Waals surface area contributed by atoms with Crippen LogP contribution in [0.25, 0.3) is 10.2 Å². The van der Waals surface area contributed by atoms with E-state index < -0.39 is 6.04 Å². The highest BCUT2D eigenvalue weighted by Gasteiger charge is 2.26. The Bertz CT molecular complexity index is 798. The number of hydrogen-bond acceptors (Lipinski definition) is 6. The van der Waals surface area contributed by atoms with Crippen molar-refractivity contribution >= 4 is 50.0 Å². The summed E-state index contributed by atoms with van der Waals surface area (Å²) in [4.78, 5) is 22.7. The van der Waals surface area contributed by atoms with Crippen LogP contribution in [0, 0.1) is 0 Å². The number of carbonyl (C=O) groups is 1. The van der Waals surface area contributed by atoms with E-state index in [-0.39, 0.29) is 5.91 Å². The van der Waals surface area contributed by atoms with Gasteiger partial charge in [-0.15, -0.1) is 23.1 Å². The molecule has 0 radical (unpaired) electrons. The van der Waals surface area contributed by atoms with Gasteiger partial charge in [-0.3, -0.25) is 9.79 Å². The predicted octanol–water partition coefficient (Wildman–Crippen LogP) is 2.03. The molecule has 0 spiro atoms. The molecule has 2 aliphatic heterocycles. The van der Waals surface area contributed by atoms with Gasteiger partial charge in [-0.1, -0.05) is 0 Å². The highest BCUT2D eigenvalue weighted by atomic mass is 32.2. The Kier molecular flexibility index (Phi) is 3.34. The zero-order valence-electron chi connectivity index (χ0n) is 12.2. The second kappa shape index (κ2) is 5.24. The van der Waals surface area contributed by atoms with Crippen molar-refractivity contribution in [2.75, 3.05) is 24.2 Å². The van der Waals surface area contributed by atoms with Crippen molar-refractivity contribution in [3.05, 3.63) is 22.7 Å². The molecule has 114 valence electrons. The minimum atomic E-state index is -0.410. The van der Waals surface area contributed by atoms with E-state index in [1.165, 1.54) is 22.4 Å². The second-order valence-corrected chi connectivity index (χ2v) is 7.63. The van der Waals surface area contributed by atoms with Crippen molar-refractivity contribution in [3.63, 3.8) is 0 Å². The van der Waals surface area contributed by atoms with Crippen LogP contribution in [0.4, 0.5) is 5.69 Å². The third kappa shape index (κ3) is 2.19. The molecule has 1 unspecified atom stereocenters. The van der Waals surface area contributed by atoms with Crippen LogP contribution in [0.15, 0.2) is 17.1 Å². The Hall–Kier alpha value is -1.60. The van der Waals surface area contributed by atoms with Crippen LogP contribution in [0.1, 0.15) is 17.0 Å². The molecular weight excluding hydrogens is 316 g/mol. The molecule has 0 fully saturated rings. The number of aromatic nitrogens is 1. The molecule has 7 heteroatoms. The third-order valence-electron chi connectivity index (χ3n) is 4.13. The van der Waals surface area contributed by atoms with Crippen molar-refractivity contribution in [3.8, 4) is 0 Å². The van der Waals surface area contributed by atoms with Crippen LogP contribution in [0.5, 0.6) is 0 Å². The van der Waals surface area contributed by atoms with Gasteiger partial charge in [-0.05, 0) is 30.5 Å². The van der Waals surface area contributed by atoms with E-state index in [4.69, 9.17) is 10.7 Å². The molecule has 1 atom stereocenters. The fourth-order valence-electron chi connectivity index (χ4n) is 2.98. The lowest BCUT2D eigenvalue weighted by atomic mass is 10.0. The topological polar surface area (TPSA) is 71.6 Å². The van der Waals surface area contributed by atoms with Gasteiger partial charge < -0.3 is 10.6 Å². The lowest BCUT2D eigenvalue weighted by Gasteiger charge is -2.27. The molecule has 2 aliphatic rings. The van der Waals surface area contributed by atoms with E-state index in [0.717, 1.165) is 28.5 Å². The van der Waals surface area contributed by atoms with Crippen LogP contribution in [-0.4, -0.2) is 41.3 Å². The number of benzene rings is 1. The van der Waals surface area contributed by atoms with Crippen molar-refractivity contribution < 1.29 is 4.79 Å². The van der Waals surface area contributed by atoms with Gasteiger partial charge in [0.15, 0.2) is 0 Å². The van der Waals surface area contributed by atoms with Crippen LogP contribution in [0.2, 0.25) is 0 Å². The third-order valence-corrected chi connectivity index (χ3v) is 6.45. The number of nitrogens with two attached hydrogens (primary N) is 1. The summed E-state index contributed by atoms with van der Waals surface area (Å²) >= 11 is 3.26. The normalized spacial score (nSPS) is 21.0. The molecule has 1 aromatic carbocycles. The van der Waals surface area contributed by atoms with E-state index in [2.05, 4.69) is 29.1 Å². The van der Waals surface area contributed by atoms with Gasteiger partial charge in [0, 0.05) is 25.0 Å². The molecule has 4 rings (SSSR count). The van der Waals surface area contributed by atoms with Crippen molar-refractivity contribution in [2.24, 2.45) is 10.7 Å². The molecule has 2 N–H and O–H groups in total. The quantitative estimate of drug-likeness (QED) is 0.913. The smallest absolute Gasteiger partial charge is 0.243 e. The SMILES string of the molecule is CN1CCCc2c1ccc1nc(C3=NC(C(N)=O)CS3)sc21. The first-order chi connectivity index (χ1) is 10.6. The Morgan fingerprint density at radius 1 is 1.45 bits per heavy atom. The predicted molar refractivity (Wildman–Crippen MR) is 93.2 cm³/mol. The molecule has 0 bridgehead atoms. The first kappa shape index (κ1) is 14.0. The number of hydrogen-bond donors (Lipinski definition) is 1. The molecule has 0 aliphatic carbocycles. The zero-order chi connectivity index (χ0) is 15.3. The first-order valence-electron chi connectivity index (χ1n) is 7.27. The van der Waals surface area contributed by atoms with Gasteiger partial charge in [0.2, 0.25) is 5.91 Å². The summed E-state index contributed by atoms with van der Waals surface area (Å²) in [5.74, 6) is 0.268. The Balaban J connectivity index is 1.79. The number of fused-ring (bicyclic) bond motifs is 3. The molecule has 3 heterocycles. The van der Waals surface area contributed by atoms with Gasteiger partial charge in [0.1, 0.15) is 16.1 Å². The summed E-state index contributed by atoms with van der Waals surface area (Å²) in [5, 5.41) is 1.76. The summed E-state index contributed by atoms with van der Waals surface area (Å²) in [6.45, 7) is 1.10. The monoisotopic (exact) mass is 332 g/mol. The van der Waals surface area contributed by atoms with E-state index in [9.17, 15) is 4.79 Å². The minimum Gasteiger partial charge on any atom is -0.374 e. The average molecular weight is 332 g/mol. The molecule has 5 nitrogen and oxygen atoms in total. The van der Waals surface area contributed by atoms with E-state index in [1.54, 1.807) is 23.1 Å². The summed E-state index contributed by atoms with van der Waals surface area (Å²) in [5.41, 5.74) is 9.07. The number of anilines is 1. The maximum Gasteiger partial charge on any atom is 0.243 e. The number of aryl methyl sites for hydroxylation is 1. The highest BCUT2D eigenvalue weighted by Crippen LogP contribution is 2.37. The Morgan fingerprint density at radius 2 is 2.32 bits per heavy atom. The number of thioether (sulfide) groups is 1. The first-order valence-corrected chi connectivity index (χ1v) is 9.07. The molecule has 0 saturated heterocycles. The molecule has 22 heavy (non-hydrogen) atoms. The van der Waals surface area contributed by atoms with E-state index >= 15 is 0 Å². The van der Waals surface area contributed by atoms with E-state index in [0.29, 0.717) is 5.75 Å². The van der Waals surface area contributed by atoms with Gasteiger partial charge >= 0.3 is 0 Å². The number of carbonyl (C=O) groups excluding carboxylic acids is 1. The van der Waals surface area contributed by atoms with Gasteiger partial charge in [0.25, 0.3) is 0 Å². The maximum absolute atomic E-state index is 11.3. The second-order valence-electron chi connectivity index (χ2n) is 5.62. The standard InChI is InChI=1S/C15H16N4OS2/c1-19-6-2-3-8-11(19)5-4-9-12(8)22-15(17-9)14-18-10(7-21-14)13(16)20/h4-5,10H,2-3,6-7H2,1H3,(H2,16,20). The minimum absolute atomic E-state index is 0.359. The molecule has 0 saturated carbocycles. The fourth-order valence-corrected chi connectivity index (χ4v) is 5.23. The fraction of sp³-hybridized carbons (Fsp3) is 0.400. The largest absolute Gasteiger partial charge is 0.374 e. The van der Waals surface area contributed by atoms with Crippen molar-refractivity contribution in [2.45, 2.75) is 18.9 Å². The summed E-state index contributed by atoms with van der Waals surface area (Å²) in [6.07, 6.45) is 2.28. The zero-order valence-corrected chi connectivity index (χ0v) is 13.8. The highest BCUT2D eigenvalue weighted by molar-refractivity contribution is 8.15. The van der Waals surface area contributed by atoms with Gasteiger partial charge in [0.05, 0.1) is 10.2 Å². The molecule has 2 aromatic rings. The van der Waals surface area contributed by atoms with Crippen LogP contribution >= 0.6 is 23.1 Å². The van der Waals surface area contributed by atoms with Gasteiger partial charge in [-0.25, -0.2) is 4.98 Å². The van der Waals surface area contributed by atoms with Crippen LogP contribution < -0.4 is 10.6 Å². The number of aliphatic imine (C=N–C) groups is 1.